The maximum atomic E-state index is 11.8. The first-order valence-corrected chi connectivity index (χ1v) is 6.72. The van der Waals surface area contributed by atoms with Crippen LogP contribution < -0.4 is 16.0 Å². The van der Waals surface area contributed by atoms with Gasteiger partial charge in [0.05, 0.1) is 6.04 Å². The van der Waals surface area contributed by atoms with Gasteiger partial charge in [0.15, 0.2) is 0 Å². The third-order valence-electron chi connectivity index (χ3n) is 3.07. The number of hydrogen-bond acceptors (Lipinski definition) is 4. The summed E-state index contributed by atoms with van der Waals surface area (Å²) in [6, 6.07) is -0.0648. The molecule has 0 saturated carbocycles. The van der Waals surface area contributed by atoms with E-state index < -0.39 is 0 Å². The Labute approximate surface area is 104 Å². The fourth-order valence-electron chi connectivity index (χ4n) is 2.04. The molecule has 1 heterocycles. The molecule has 0 aromatic heterocycles. The van der Waals surface area contributed by atoms with Crippen LogP contribution in [0.2, 0.25) is 0 Å². The fourth-order valence-corrected chi connectivity index (χ4v) is 2.04. The average Bonchev–Trinajstić information content (AvgIpc) is 2.38. The van der Waals surface area contributed by atoms with E-state index in [4.69, 9.17) is 0 Å². The minimum absolute atomic E-state index is 0.0648. The van der Waals surface area contributed by atoms with Crippen LogP contribution in [0, 0.1) is 0 Å². The molecule has 1 aliphatic heterocycles. The Bertz CT molecular complexity index is 217. The van der Waals surface area contributed by atoms with E-state index in [1.54, 1.807) is 0 Å². The Balaban J connectivity index is 2.14. The first-order chi connectivity index (χ1) is 8.27. The Kier molecular flexibility index (Phi) is 7.16. The number of carbonyl (C=O) groups excluding carboxylic acids is 1. The first-order valence-electron chi connectivity index (χ1n) is 6.72. The molecule has 1 amide bonds. The zero-order valence-corrected chi connectivity index (χ0v) is 11.1. The summed E-state index contributed by atoms with van der Waals surface area (Å²) in [6.45, 7) is 10.7. The lowest BCUT2D eigenvalue weighted by atomic mass is 10.2. The summed E-state index contributed by atoms with van der Waals surface area (Å²) in [7, 11) is 0. The van der Waals surface area contributed by atoms with E-state index in [1.807, 2.05) is 0 Å². The van der Waals surface area contributed by atoms with Crippen molar-refractivity contribution < 1.29 is 4.79 Å². The van der Waals surface area contributed by atoms with Crippen molar-refractivity contribution in [1.29, 1.82) is 0 Å². The second-order valence-electron chi connectivity index (χ2n) is 4.44. The average molecular weight is 242 g/mol. The van der Waals surface area contributed by atoms with Gasteiger partial charge in [-0.1, -0.05) is 13.8 Å². The van der Waals surface area contributed by atoms with E-state index in [-0.39, 0.29) is 11.9 Å². The van der Waals surface area contributed by atoms with Gasteiger partial charge in [-0.15, -0.1) is 0 Å². The lowest BCUT2D eigenvalue weighted by molar-refractivity contribution is -0.123. The monoisotopic (exact) mass is 242 g/mol. The summed E-state index contributed by atoms with van der Waals surface area (Å²) in [5, 5.41) is 9.41. The van der Waals surface area contributed by atoms with Crippen LogP contribution in [-0.4, -0.2) is 62.7 Å². The van der Waals surface area contributed by atoms with Crippen molar-refractivity contribution in [2.24, 2.45) is 0 Å². The second kappa shape index (κ2) is 8.44. The van der Waals surface area contributed by atoms with Crippen LogP contribution in [-0.2, 0) is 4.79 Å². The van der Waals surface area contributed by atoms with Gasteiger partial charge in [-0.25, -0.2) is 0 Å². The van der Waals surface area contributed by atoms with Gasteiger partial charge < -0.3 is 20.9 Å². The van der Waals surface area contributed by atoms with Gasteiger partial charge in [-0.2, -0.15) is 0 Å². The summed E-state index contributed by atoms with van der Waals surface area (Å²) in [6.07, 6.45) is 1.16. The highest BCUT2D eigenvalue weighted by atomic mass is 16.2. The normalized spacial score (nSPS) is 20.5. The first kappa shape index (κ1) is 14.4. The number of likely N-dealkylation sites (N-methyl/N-ethyl adjacent to an activating group) is 1. The Morgan fingerprint density at radius 2 is 2.18 bits per heavy atom. The maximum absolute atomic E-state index is 11.8. The van der Waals surface area contributed by atoms with Gasteiger partial charge >= 0.3 is 0 Å². The molecule has 1 atom stereocenters. The highest BCUT2D eigenvalue weighted by Crippen LogP contribution is 1.90. The third-order valence-corrected chi connectivity index (χ3v) is 3.07. The molecule has 0 radical (unpaired) electrons. The molecule has 1 unspecified atom stereocenters. The van der Waals surface area contributed by atoms with Crippen molar-refractivity contribution in [3.63, 3.8) is 0 Å². The summed E-state index contributed by atoms with van der Waals surface area (Å²) in [4.78, 5) is 14.1. The van der Waals surface area contributed by atoms with E-state index >= 15 is 0 Å². The summed E-state index contributed by atoms with van der Waals surface area (Å²) < 4.78 is 0. The van der Waals surface area contributed by atoms with Crippen molar-refractivity contribution in [2.45, 2.75) is 26.3 Å². The molecule has 1 fully saturated rings. The second-order valence-corrected chi connectivity index (χ2v) is 4.44. The lowest BCUT2D eigenvalue weighted by Crippen LogP contribution is -2.56. The molecule has 0 bridgehead atoms. The van der Waals surface area contributed by atoms with Gasteiger partial charge in [0.25, 0.3) is 0 Å². The molecule has 5 nitrogen and oxygen atoms in total. The highest BCUT2D eigenvalue weighted by Gasteiger charge is 2.19. The Morgan fingerprint density at radius 3 is 2.76 bits per heavy atom. The molecule has 0 spiro atoms. The van der Waals surface area contributed by atoms with Crippen LogP contribution >= 0.6 is 0 Å². The van der Waals surface area contributed by atoms with Crippen LogP contribution in [0.25, 0.3) is 0 Å². The van der Waals surface area contributed by atoms with Crippen LogP contribution in [0.5, 0.6) is 0 Å². The summed E-state index contributed by atoms with van der Waals surface area (Å²) >= 11 is 0. The Morgan fingerprint density at radius 1 is 1.35 bits per heavy atom. The smallest absolute Gasteiger partial charge is 0.238 e. The van der Waals surface area contributed by atoms with Crippen molar-refractivity contribution >= 4 is 5.91 Å². The predicted octanol–water partition coefficient (Wildman–Crippen LogP) is -0.604. The summed E-state index contributed by atoms with van der Waals surface area (Å²) in [5.41, 5.74) is 0. The van der Waals surface area contributed by atoms with E-state index in [9.17, 15) is 4.79 Å². The number of hydrogen-bond donors (Lipinski definition) is 3. The van der Waals surface area contributed by atoms with E-state index in [2.05, 4.69) is 34.7 Å². The summed E-state index contributed by atoms with van der Waals surface area (Å²) in [5.74, 6) is 0.116. The van der Waals surface area contributed by atoms with Gasteiger partial charge in [0.2, 0.25) is 5.91 Å². The molecule has 3 N–H and O–H groups in total. The van der Waals surface area contributed by atoms with Crippen LogP contribution in [0.3, 0.4) is 0 Å². The molecule has 0 aliphatic carbocycles. The number of rotatable bonds is 7. The van der Waals surface area contributed by atoms with E-state index in [1.165, 1.54) is 0 Å². The molecule has 1 aliphatic rings. The SMILES string of the molecule is CCCN(CC)CCNC(=O)C1CNCCN1. The van der Waals surface area contributed by atoms with Crippen molar-refractivity contribution in [3.8, 4) is 0 Å². The van der Waals surface area contributed by atoms with E-state index in [0.29, 0.717) is 0 Å². The van der Waals surface area contributed by atoms with Crippen LogP contribution in [0.1, 0.15) is 20.3 Å². The molecule has 100 valence electrons. The number of carbonyl (C=O) groups is 1. The lowest BCUT2D eigenvalue weighted by Gasteiger charge is -2.24. The standard InChI is InChI=1S/C12H26N4O/c1-3-8-16(4-2)9-7-15-12(17)11-10-13-5-6-14-11/h11,13-14H,3-10H2,1-2H3,(H,15,17). The minimum Gasteiger partial charge on any atom is -0.353 e. The minimum atomic E-state index is -0.0648. The molecule has 1 rings (SSSR count). The number of piperazine rings is 1. The van der Waals surface area contributed by atoms with Crippen LogP contribution in [0.15, 0.2) is 0 Å². The molecule has 0 aromatic carbocycles. The van der Waals surface area contributed by atoms with Crippen molar-refractivity contribution in [3.05, 3.63) is 0 Å². The van der Waals surface area contributed by atoms with Crippen molar-refractivity contribution in [1.82, 2.24) is 20.9 Å². The fraction of sp³-hybridized carbons (Fsp3) is 0.917. The number of amides is 1. The third kappa shape index (κ3) is 5.48. The number of nitrogens with one attached hydrogen (secondary N) is 3. The highest BCUT2D eigenvalue weighted by molar-refractivity contribution is 5.82. The Hall–Kier alpha value is -0.650. The number of nitrogens with zero attached hydrogens (tertiary/aromatic N) is 1. The molecule has 5 heteroatoms. The van der Waals surface area contributed by atoms with Crippen molar-refractivity contribution in [2.75, 3.05) is 45.8 Å². The van der Waals surface area contributed by atoms with Crippen LogP contribution in [0.4, 0.5) is 0 Å². The van der Waals surface area contributed by atoms with Gasteiger partial charge in [-0.05, 0) is 19.5 Å². The quantitative estimate of drug-likeness (QED) is 0.558. The molecule has 1 saturated heterocycles. The molecule has 0 aromatic rings. The van der Waals surface area contributed by atoms with Gasteiger partial charge in [-0.3, -0.25) is 4.79 Å². The predicted molar refractivity (Wildman–Crippen MR) is 70.1 cm³/mol. The molecule has 17 heavy (non-hydrogen) atoms. The van der Waals surface area contributed by atoms with E-state index in [0.717, 1.165) is 52.2 Å². The zero-order chi connectivity index (χ0) is 12.5. The van der Waals surface area contributed by atoms with Gasteiger partial charge in [0, 0.05) is 32.7 Å². The van der Waals surface area contributed by atoms with Gasteiger partial charge in [0.1, 0.15) is 0 Å². The topological polar surface area (TPSA) is 56.4 Å². The zero-order valence-electron chi connectivity index (χ0n) is 11.1. The maximum Gasteiger partial charge on any atom is 0.238 e. The molecular formula is C12H26N4O. The largest absolute Gasteiger partial charge is 0.353 e. The molecular weight excluding hydrogens is 216 g/mol.